The largest absolute Gasteiger partial charge is 1.00 e. The van der Waals surface area contributed by atoms with Gasteiger partial charge in [-0.15, -0.1) is 0 Å². The van der Waals surface area contributed by atoms with Gasteiger partial charge in [-0.1, -0.05) is 64.7 Å². The van der Waals surface area contributed by atoms with Gasteiger partial charge in [-0.05, 0) is 6.42 Å². The number of hydrogen-bond donors (Lipinski definition) is 1. The molecule has 0 saturated heterocycles. The summed E-state index contributed by atoms with van der Waals surface area (Å²) in [6, 6.07) is 0. The minimum Gasteiger partial charge on any atom is -0.379 e. The van der Waals surface area contributed by atoms with E-state index in [1.807, 2.05) is 0 Å². The van der Waals surface area contributed by atoms with Crippen molar-refractivity contribution in [1.82, 2.24) is 0 Å². The molecule has 0 radical (unpaired) electrons. The maximum Gasteiger partial charge on any atom is 1.00 e. The van der Waals surface area contributed by atoms with E-state index in [1.165, 1.54) is 57.8 Å². The number of ether oxygens (including phenoxy) is 12. The van der Waals surface area contributed by atoms with Gasteiger partial charge in [0, 0.05) is 6.61 Å². The second kappa shape index (κ2) is 49.5. The number of rotatable bonds is 48. The van der Waals surface area contributed by atoms with Gasteiger partial charge in [0.15, 0.2) is 0 Å². The third kappa shape index (κ3) is 54.5. The summed E-state index contributed by atoms with van der Waals surface area (Å²) < 4.78 is 98.5. The molecular formula is C36H74NaO16S+. The van der Waals surface area contributed by atoms with Crippen LogP contribution in [0, 0.1) is 0 Å². The molecule has 0 aliphatic carbocycles. The molecule has 18 heteroatoms. The van der Waals surface area contributed by atoms with Crippen molar-refractivity contribution in [3.8, 4) is 0 Å². The van der Waals surface area contributed by atoms with Gasteiger partial charge in [0.05, 0.1) is 159 Å². The molecule has 0 saturated carbocycles. The first-order valence-corrected chi connectivity index (χ1v) is 21.0. The molecule has 0 aliphatic heterocycles. The molecule has 0 spiro atoms. The number of hydrogen-bond acceptors (Lipinski definition) is 15. The first-order chi connectivity index (χ1) is 26.1. The molecule has 0 unspecified atom stereocenters. The van der Waals surface area contributed by atoms with Crippen molar-refractivity contribution in [3.63, 3.8) is 0 Å². The van der Waals surface area contributed by atoms with Gasteiger partial charge < -0.3 is 56.8 Å². The van der Waals surface area contributed by atoms with Crippen LogP contribution in [-0.2, 0) is 71.4 Å². The van der Waals surface area contributed by atoms with E-state index in [0.29, 0.717) is 139 Å². The average Bonchev–Trinajstić information content (AvgIpc) is 3.14. The van der Waals surface area contributed by atoms with E-state index in [4.69, 9.17) is 61.4 Å². The fourth-order valence-electron chi connectivity index (χ4n) is 4.41. The summed E-state index contributed by atoms with van der Waals surface area (Å²) in [6.45, 7) is 13.5. The summed E-state index contributed by atoms with van der Waals surface area (Å²) in [5.74, 6) is 0. The normalized spacial score (nSPS) is 11.7. The second-order valence-electron chi connectivity index (χ2n) is 11.8. The predicted molar refractivity (Wildman–Crippen MR) is 199 cm³/mol. The Morgan fingerprint density at radius 3 is 0.704 bits per heavy atom. The Labute approximate surface area is 348 Å². The van der Waals surface area contributed by atoms with E-state index in [1.54, 1.807) is 0 Å². The summed E-state index contributed by atoms with van der Waals surface area (Å²) >= 11 is 0. The third-order valence-corrected chi connectivity index (χ3v) is 7.66. The van der Waals surface area contributed by atoms with Crippen LogP contribution >= 0.6 is 0 Å². The molecule has 320 valence electrons. The predicted octanol–water partition coefficient (Wildman–Crippen LogP) is 0.930. The SMILES string of the molecule is CCCCCCCCCCCCOCCOCCOCCOCCOCCOCCOCCOCCOCCOCCOCCOCCOS(=O)(=O)O.[Na+]. The van der Waals surface area contributed by atoms with Crippen LogP contribution in [0.25, 0.3) is 0 Å². The first kappa shape index (κ1) is 56.5. The Morgan fingerprint density at radius 1 is 0.296 bits per heavy atom. The summed E-state index contributed by atoms with van der Waals surface area (Å²) in [5, 5.41) is 0. The maximum absolute atomic E-state index is 10.3. The monoisotopic (exact) mass is 817 g/mol. The first-order valence-electron chi connectivity index (χ1n) is 19.6. The van der Waals surface area contributed by atoms with E-state index in [-0.39, 0.29) is 49.4 Å². The quantitative estimate of drug-likeness (QED) is 0.0522. The molecule has 0 heterocycles. The molecule has 0 rings (SSSR count). The fourth-order valence-corrected chi connectivity index (χ4v) is 4.69. The summed E-state index contributed by atoms with van der Waals surface area (Å²) in [5.41, 5.74) is 0. The van der Waals surface area contributed by atoms with E-state index in [9.17, 15) is 8.42 Å². The van der Waals surface area contributed by atoms with Crippen molar-refractivity contribution in [2.24, 2.45) is 0 Å². The van der Waals surface area contributed by atoms with E-state index in [2.05, 4.69) is 11.1 Å². The third-order valence-electron chi connectivity index (χ3n) is 7.19. The Balaban J connectivity index is 0. The van der Waals surface area contributed by atoms with Gasteiger partial charge in [0.1, 0.15) is 0 Å². The van der Waals surface area contributed by atoms with Gasteiger partial charge in [-0.3, -0.25) is 4.55 Å². The van der Waals surface area contributed by atoms with E-state index in [0.717, 1.165) is 13.0 Å². The van der Waals surface area contributed by atoms with Crippen LogP contribution in [0.3, 0.4) is 0 Å². The van der Waals surface area contributed by atoms with Crippen LogP contribution in [0.15, 0.2) is 0 Å². The summed E-state index contributed by atoms with van der Waals surface area (Å²) in [4.78, 5) is 0. The Hall–Kier alpha value is 0.390. The Morgan fingerprint density at radius 2 is 0.481 bits per heavy atom. The van der Waals surface area contributed by atoms with Gasteiger partial charge >= 0.3 is 40.0 Å². The molecular weight excluding hydrogens is 743 g/mol. The molecule has 0 bridgehead atoms. The molecule has 0 aromatic carbocycles. The fraction of sp³-hybridized carbons (Fsp3) is 1.00. The molecule has 0 atom stereocenters. The van der Waals surface area contributed by atoms with Crippen LogP contribution in [-0.4, -0.2) is 178 Å². The summed E-state index contributed by atoms with van der Waals surface area (Å²) in [7, 11) is -4.42. The van der Waals surface area contributed by atoms with Gasteiger partial charge in [0.25, 0.3) is 0 Å². The Bertz CT molecular complexity index is 788. The Kier molecular flexibility index (Phi) is 51.8. The van der Waals surface area contributed by atoms with Crippen molar-refractivity contribution in [1.29, 1.82) is 0 Å². The molecule has 54 heavy (non-hydrogen) atoms. The molecule has 0 aromatic rings. The molecule has 0 aliphatic rings. The van der Waals surface area contributed by atoms with Crippen LogP contribution in [0.4, 0.5) is 0 Å². The summed E-state index contributed by atoms with van der Waals surface area (Å²) in [6.07, 6.45) is 13.3. The number of unbranched alkanes of at least 4 members (excludes halogenated alkanes) is 9. The standard InChI is InChI=1S/C36H74O16S.Na/c1-2-3-4-5-6-7-8-9-10-11-12-40-13-14-41-15-16-42-17-18-43-19-20-44-21-22-45-23-24-46-25-26-47-27-28-48-29-30-49-31-32-50-33-34-51-35-36-52-53(37,38)39;/h2-36H2,1H3,(H,37,38,39);/q;+1. The maximum atomic E-state index is 10.3. The van der Waals surface area contributed by atoms with Crippen LogP contribution in [0.5, 0.6) is 0 Å². The zero-order chi connectivity index (χ0) is 38.4. The van der Waals surface area contributed by atoms with Crippen molar-refractivity contribution in [2.45, 2.75) is 71.1 Å². The molecule has 0 fully saturated rings. The minimum absolute atomic E-state index is 0. The van der Waals surface area contributed by atoms with Crippen molar-refractivity contribution < 1.29 is 104 Å². The van der Waals surface area contributed by atoms with Crippen LogP contribution < -0.4 is 29.6 Å². The van der Waals surface area contributed by atoms with E-state index < -0.39 is 10.4 Å². The zero-order valence-electron chi connectivity index (χ0n) is 33.7. The van der Waals surface area contributed by atoms with Crippen molar-refractivity contribution in [2.75, 3.05) is 165 Å². The molecule has 0 amide bonds. The smallest absolute Gasteiger partial charge is 0.379 e. The molecule has 16 nitrogen and oxygen atoms in total. The van der Waals surface area contributed by atoms with Crippen LogP contribution in [0.1, 0.15) is 71.1 Å². The van der Waals surface area contributed by atoms with Crippen molar-refractivity contribution >= 4 is 10.4 Å². The van der Waals surface area contributed by atoms with Crippen molar-refractivity contribution in [3.05, 3.63) is 0 Å². The second-order valence-corrected chi connectivity index (χ2v) is 12.9. The minimum atomic E-state index is -4.42. The van der Waals surface area contributed by atoms with Gasteiger partial charge in [-0.2, -0.15) is 8.42 Å². The molecule has 0 aromatic heterocycles. The van der Waals surface area contributed by atoms with E-state index >= 15 is 0 Å². The van der Waals surface area contributed by atoms with Crippen LogP contribution in [0.2, 0.25) is 0 Å². The average molecular weight is 818 g/mol. The molecule has 1 N–H and O–H groups in total. The van der Waals surface area contributed by atoms with Gasteiger partial charge in [0.2, 0.25) is 0 Å². The zero-order valence-corrected chi connectivity index (χ0v) is 36.5. The topological polar surface area (TPSA) is 174 Å². The van der Waals surface area contributed by atoms with Gasteiger partial charge in [-0.25, -0.2) is 4.18 Å².